The van der Waals surface area contributed by atoms with Gasteiger partial charge >= 0.3 is 0 Å². The molecule has 1 atom stereocenters. The Kier molecular flexibility index (Phi) is 3.20. The van der Waals surface area contributed by atoms with E-state index in [1.807, 2.05) is 0 Å². The summed E-state index contributed by atoms with van der Waals surface area (Å²) in [6.45, 7) is 8.48. The molecule has 0 amide bonds. The van der Waals surface area contributed by atoms with Gasteiger partial charge in [-0.25, -0.2) is 4.98 Å². The average molecular weight is 232 g/mol. The number of hydrogen-bond donors (Lipinski definition) is 0. The molecule has 0 saturated carbocycles. The lowest BCUT2D eigenvalue weighted by molar-refractivity contribution is 0.119. The molecule has 0 radical (unpaired) electrons. The Morgan fingerprint density at radius 1 is 1.24 bits per heavy atom. The van der Waals surface area contributed by atoms with Gasteiger partial charge in [0.15, 0.2) is 0 Å². The fourth-order valence-corrected chi connectivity index (χ4v) is 1.95. The molecule has 3 heteroatoms. The molecule has 0 fully saturated rings. The van der Waals surface area contributed by atoms with Crippen LogP contribution in [0, 0.1) is 6.92 Å². The molecule has 2 aromatic rings. The zero-order chi connectivity index (χ0) is 12.6. The van der Waals surface area contributed by atoms with Crippen LogP contribution >= 0.6 is 0 Å². The van der Waals surface area contributed by atoms with Crippen molar-refractivity contribution in [1.29, 1.82) is 0 Å². The highest BCUT2D eigenvalue weighted by atomic mass is 16.5. The van der Waals surface area contributed by atoms with Crippen molar-refractivity contribution in [3.8, 4) is 0 Å². The number of nitrogens with zero attached hydrogens (tertiary/aromatic N) is 2. The van der Waals surface area contributed by atoms with Crippen LogP contribution in [0.3, 0.4) is 0 Å². The van der Waals surface area contributed by atoms with Gasteiger partial charge in [-0.15, -0.1) is 0 Å². The van der Waals surface area contributed by atoms with Gasteiger partial charge in [-0.3, -0.25) is 0 Å². The minimum atomic E-state index is 0.114. The van der Waals surface area contributed by atoms with Crippen molar-refractivity contribution in [2.75, 3.05) is 7.11 Å². The van der Waals surface area contributed by atoms with Crippen LogP contribution in [0.1, 0.15) is 49.6 Å². The van der Waals surface area contributed by atoms with E-state index in [0.717, 1.165) is 11.3 Å². The number of methoxy groups -OCH3 is 1. The minimum Gasteiger partial charge on any atom is -0.377 e. The van der Waals surface area contributed by atoms with E-state index in [4.69, 9.17) is 4.74 Å². The largest absolute Gasteiger partial charge is 0.377 e. The van der Waals surface area contributed by atoms with Crippen LogP contribution in [-0.2, 0) is 4.74 Å². The number of hydrogen-bond acceptors (Lipinski definition) is 2. The summed E-state index contributed by atoms with van der Waals surface area (Å²) in [6.07, 6.45) is 4.33. The quantitative estimate of drug-likeness (QED) is 0.810. The van der Waals surface area contributed by atoms with Crippen molar-refractivity contribution < 1.29 is 4.74 Å². The van der Waals surface area contributed by atoms with Gasteiger partial charge in [-0.1, -0.05) is 13.8 Å². The predicted molar refractivity (Wildman–Crippen MR) is 69.4 cm³/mol. The van der Waals surface area contributed by atoms with Gasteiger partial charge in [0.05, 0.1) is 11.8 Å². The van der Waals surface area contributed by atoms with Crippen LogP contribution in [0.15, 0.2) is 18.5 Å². The molecule has 2 rings (SSSR count). The third-order valence-electron chi connectivity index (χ3n) is 3.19. The van der Waals surface area contributed by atoms with Crippen LogP contribution in [0.2, 0.25) is 0 Å². The van der Waals surface area contributed by atoms with Crippen molar-refractivity contribution in [3.05, 3.63) is 35.3 Å². The zero-order valence-electron chi connectivity index (χ0n) is 11.2. The molecule has 0 aliphatic heterocycles. The highest BCUT2D eigenvalue weighted by Crippen LogP contribution is 2.22. The number of fused-ring (bicyclic) bond motifs is 1. The van der Waals surface area contributed by atoms with E-state index in [1.165, 1.54) is 11.1 Å². The molecular formula is C14H20N2O. The molecule has 0 N–H and O–H groups in total. The van der Waals surface area contributed by atoms with Crippen molar-refractivity contribution in [2.45, 2.75) is 39.7 Å². The van der Waals surface area contributed by atoms with Crippen LogP contribution < -0.4 is 0 Å². The van der Waals surface area contributed by atoms with Crippen molar-refractivity contribution >= 4 is 5.65 Å². The monoisotopic (exact) mass is 232 g/mol. The van der Waals surface area contributed by atoms with E-state index in [1.54, 1.807) is 7.11 Å². The van der Waals surface area contributed by atoms with Crippen LogP contribution in [0.5, 0.6) is 0 Å². The average Bonchev–Trinajstić information content (AvgIpc) is 2.72. The number of aromatic nitrogens is 2. The first kappa shape index (κ1) is 12.1. The van der Waals surface area contributed by atoms with E-state index >= 15 is 0 Å². The second kappa shape index (κ2) is 4.49. The highest BCUT2D eigenvalue weighted by Gasteiger charge is 2.11. The molecule has 3 nitrogen and oxygen atoms in total. The van der Waals surface area contributed by atoms with Crippen molar-refractivity contribution in [3.63, 3.8) is 0 Å². The maximum absolute atomic E-state index is 5.36. The summed E-state index contributed by atoms with van der Waals surface area (Å²) in [5.74, 6) is 0.456. The highest BCUT2D eigenvalue weighted by molar-refractivity contribution is 5.50. The third-order valence-corrected chi connectivity index (χ3v) is 3.19. The van der Waals surface area contributed by atoms with Gasteiger partial charge < -0.3 is 9.14 Å². The summed E-state index contributed by atoms with van der Waals surface area (Å²) in [5.41, 5.74) is 4.56. The van der Waals surface area contributed by atoms with Crippen molar-refractivity contribution in [2.24, 2.45) is 0 Å². The Balaban J connectivity index is 2.57. The summed E-state index contributed by atoms with van der Waals surface area (Å²) >= 11 is 0. The van der Waals surface area contributed by atoms with E-state index in [2.05, 4.69) is 55.5 Å². The third kappa shape index (κ3) is 2.20. The minimum absolute atomic E-state index is 0.114. The number of aryl methyl sites for hydroxylation is 1. The first-order valence-electron chi connectivity index (χ1n) is 6.05. The summed E-state index contributed by atoms with van der Waals surface area (Å²) in [7, 11) is 1.73. The molecule has 0 aliphatic rings. The van der Waals surface area contributed by atoms with Gasteiger partial charge in [0.2, 0.25) is 0 Å². The maximum Gasteiger partial charge on any atom is 0.139 e. The molecule has 2 aromatic heterocycles. The van der Waals surface area contributed by atoms with E-state index in [-0.39, 0.29) is 6.10 Å². The maximum atomic E-state index is 5.36. The number of rotatable bonds is 3. The molecule has 0 spiro atoms. The van der Waals surface area contributed by atoms with Crippen LogP contribution in [0.4, 0.5) is 0 Å². The first-order valence-corrected chi connectivity index (χ1v) is 6.05. The van der Waals surface area contributed by atoms with Crippen LogP contribution in [0.25, 0.3) is 5.65 Å². The van der Waals surface area contributed by atoms with Gasteiger partial charge in [-0.05, 0) is 37.0 Å². The van der Waals surface area contributed by atoms with E-state index in [0.29, 0.717) is 5.92 Å². The Bertz CT molecular complexity index is 528. The number of pyridine rings is 1. The topological polar surface area (TPSA) is 26.5 Å². The Hall–Kier alpha value is -1.35. The second-order valence-corrected chi connectivity index (χ2v) is 4.89. The molecule has 0 aliphatic carbocycles. The van der Waals surface area contributed by atoms with Crippen molar-refractivity contribution in [1.82, 2.24) is 9.38 Å². The molecule has 0 bridgehead atoms. The fourth-order valence-electron chi connectivity index (χ4n) is 1.95. The summed E-state index contributed by atoms with van der Waals surface area (Å²) in [4.78, 5) is 4.66. The Morgan fingerprint density at radius 2 is 1.94 bits per heavy atom. The summed E-state index contributed by atoms with van der Waals surface area (Å²) in [5, 5.41) is 0. The normalized spacial score (nSPS) is 13.5. The zero-order valence-corrected chi connectivity index (χ0v) is 11.2. The number of imidazole rings is 1. The Morgan fingerprint density at radius 3 is 2.53 bits per heavy atom. The molecule has 92 valence electrons. The molecule has 0 aromatic carbocycles. The van der Waals surface area contributed by atoms with E-state index in [9.17, 15) is 0 Å². The van der Waals surface area contributed by atoms with Gasteiger partial charge in [0, 0.05) is 19.5 Å². The van der Waals surface area contributed by atoms with Gasteiger partial charge in [-0.2, -0.15) is 0 Å². The lowest BCUT2D eigenvalue weighted by Crippen LogP contribution is -1.99. The SMILES string of the molecule is COC(C)c1cc(C)c2nc(C(C)C)cn2c1. The van der Waals surface area contributed by atoms with Crippen LogP contribution in [-0.4, -0.2) is 16.5 Å². The Labute approximate surface area is 102 Å². The molecule has 1 unspecified atom stereocenters. The molecule has 0 saturated heterocycles. The fraction of sp³-hybridized carbons (Fsp3) is 0.500. The lowest BCUT2D eigenvalue weighted by atomic mass is 10.1. The number of ether oxygens (including phenoxy) is 1. The van der Waals surface area contributed by atoms with Gasteiger partial charge in [0.1, 0.15) is 5.65 Å². The standard InChI is InChI=1S/C14H20N2O/c1-9(2)13-8-16-7-12(11(4)17-5)6-10(3)14(16)15-13/h6-9,11H,1-5H3. The molecule has 17 heavy (non-hydrogen) atoms. The smallest absolute Gasteiger partial charge is 0.139 e. The predicted octanol–water partition coefficient (Wildman–Crippen LogP) is 3.47. The summed E-state index contributed by atoms with van der Waals surface area (Å²) < 4.78 is 7.47. The van der Waals surface area contributed by atoms with E-state index < -0.39 is 0 Å². The van der Waals surface area contributed by atoms with Gasteiger partial charge in [0.25, 0.3) is 0 Å². The second-order valence-electron chi connectivity index (χ2n) is 4.89. The summed E-state index contributed by atoms with van der Waals surface area (Å²) in [6, 6.07) is 2.15. The molecular weight excluding hydrogens is 212 g/mol. The first-order chi connectivity index (χ1) is 8.02. The lowest BCUT2D eigenvalue weighted by Gasteiger charge is -2.11. The molecule has 2 heterocycles.